The molecule has 80 valence electrons. The van der Waals surface area contributed by atoms with E-state index < -0.39 is 0 Å². The van der Waals surface area contributed by atoms with Crippen molar-refractivity contribution in [1.29, 1.82) is 5.26 Å². The van der Waals surface area contributed by atoms with E-state index in [1.807, 2.05) is 13.0 Å². The van der Waals surface area contributed by atoms with Crippen molar-refractivity contribution in [3.8, 4) is 17.6 Å². The maximum atomic E-state index is 8.74. The van der Waals surface area contributed by atoms with Crippen LogP contribution in [0.15, 0.2) is 12.1 Å². The molecule has 0 bridgehead atoms. The molecule has 15 heavy (non-hydrogen) atoms. The van der Waals surface area contributed by atoms with E-state index >= 15 is 0 Å². The van der Waals surface area contributed by atoms with Crippen molar-refractivity contribution in [1.82, 2.24) is 0 Å². The Labute approximate surface area is 94.2 Å². The number of rotatable bonds is 4. The molecule has 0 heterocycles. The van der Waals surface area contributed by atoms with E-state index in [4.69, 9.17) is 26.3 Å². The third-order valence-electron chi connectivity index (χ3n) is 1.81. The molecule has 0 saturated carbocycles. The average Bonchev–Trinajstić information content (AvgIpc) is 2.26. The van der Waals surface area contributed by atoms with Gasteiger partial charge in [0.15, 0.2) is 11.5 Å². The van der Waals surface area contributed by atoms with Gasteiger partial charge >= 0.3 is 0 Å². The van der Waals surface area contributed by atoms with Gasteiger partial charge in [0.25, 0.3) is 0 Å². The molecule has 0 aromatic heterocycles. The smallest absolute Gasteiger partial charge is 0.179 e. The first-order valence-electron chi connectivity index (χ1n) is 4.63. The van der Waals surface area contributed by atoms with Crippen LogP contribution in [0.5, 0.6) is 11.5 Å². The third-order valence-corrected chi connectivity index (χ3v) is 2.09. The standard InChI is InChI=1S/C11H12ClNO2/c1-3-4-15-11-9(12)5-8(7-13)6-10(11)14-2/h5-6H,3-4H2,1-2H3. The summed E-state index contributed by atoms with van der Waals surface area (Å²) in [6.45, 7) is 2.58. The zero-order chi connectivity index (χ0) is 11.3. The van der Waals surface area contributed by atoms with E-state index in [1.165, 1.54) is 7.11 Å². The first-order valence-corrected chi connectivity index (χ1v) is 5.01. The van der Waals surface area contributed by atoms with Gasteiger partial charge in [-0.1, -0.05) is 18.5 Å². The summed E-state index contributed by atoms with van der Waals surface area (Å²) in [6.07, 6.45) is 0.888. The maximum absolute atomic E-state index is 8.74. The maximum Gasteiger partial charge on any atom is 0.179 e. The Balaban J connectivity index is 3.08. The number of hydrogen-bond donors (Lipinski definition) is 0. The minimum atomic E-state index is 0.402. The molecule has 0 amide bonds. The Hall–Kier alpha value is -1.40. The quantitative estimate of drug-likeness (QED) is 0.791. The van der Waals surface area contributed by atoms with Crippen molar-refractivity contribution in [2.75, 3.05) is 13.7 Å². The van der Waals surface area contributed by atoms with Crippen LogP contribution in [-0.2, 0) is 0 Å². The Bertz CT molecular complexity index is 385. The molecule has 0 N–H and O–H groups in total. The fourth-order valence-electron chi connectivity index (χ4n) is 1.13. The summed E-state index contributed by atoms with van der Waals surface area (Å²) in [5.41, 5.74) is 0.459. The lowest BCUT2D eigenvalue weighted by Crippen LogP contribution is -1.99. The van der Waals surface area contributed by atoms with E-state index in [2.05, 4.69) is 0 Å². The number of nitrogens with zero attached hydrogens (tertiary/aromatic N) is 1. The van der Waals surface area contributed by atoms with Gasteiger partial charge in [0.05, 0.1) is 30.4 Å². The normalized spacial score (nSPS) is 9.47. The predicted molar refractivity (Wildman–Crippen MR) is 58.5 cm³/mol. The van der Waals surface area contributed by atoms with Gasteiger partial charge in [0, 0.05) is 6.07 Å². The number of benzene rings is 1. The zero-order valence-electron chi connectivity index (χ0n) is 8.71. The lowest BCUT2D eigenvalue weighted by molar-refractivity contribution is 0.294. The van der Waals surface area contributed by atoms with Gasteiger partial charge < -0.3 is 9.47 Å². The van der Waals surface area contributed by atoms with Crippen LogP contribution in [-0.4, -0.2) is 13.7 Å². The highest BCUT2D eigenvalue weighted by molar-refractivity contribution is 6.32. The molecule has 1 aromatic carbocycles. The Morgan fingerprint density at radius 3 is 2.73 bits per heavy atom. The molecular weight excluding hydrogens is 214 g/mol. The van der Waals surface area contributed by atoms with Crippen LogP contribution >= 0.6 is 11.6 Å². The van der Waals surface area contributed by atoms with Crippen LogP contribution in [0, 0.1) is 11.3 Å². The summed E-state index contributed by atoms with van der Waals surface area (Å²) >= 11 is 5.97. The van der Waals surface area contributed by atoms with Crippen molar-refractivity contribution < 1.29 is 9.47 Å². The first-order chi connectivity index (χ1) is 7.22. The second kappa shape index (κ2) is 5.47. The number of halogens is 1. The van der Waals surface area contributed by atoms with E-state index in [1.54, 1.807) is 12.1 Å². The van der Waals surface area contributed by atoms with Gasteiger partial charge in [-0.2, -0.15) is 5.26 Å². The Morgan fingerprint density at radius 1 is 1.47 bits per heavy atom. The summed E-state index contributed by atoms with van der Waals surface area (Å²) < 4.78 is 10.5. The topological polar surface area (TPSA) is 42.2 Å². The highest BCUT2D eigenvalue weighted by Crippen LogP contribution is 2.36. The van der Waals surface area contributed by atoms with E-state index in [0.29, 0.717) is 28.7 Å². The molecule has 0 spiro atoms. The van der Waals surface area contributed by atoms with Crippen LogP contribution in [0.1, 0.15) is 18.9 Å². The predicted octanol–water partition coefficient (Wildman–Crippen LogP) is 3.01. The molecule has 0 fully saturated rings. The molecule has 0 aliphatic carbocycles. The molecule has 0 saturated heterocycles. The summed E-state index contributed by atoms with van der Waals surface area (Å²) in [4.78, 5) is 0. The lowest BCUT2D eigenvalue weighted by atomic mass is 10.2. The van der Waals surface area contributed by atoms with Crippen molar-refractivity contribution in [3.63, 3.8) is 0 Å². The first kappa shape index (κ1) is 11.7. The summed E-state index contributed by atoms with van der Waals surface area (Å²) in [5.74, 6) is 0.993. The third kappa shape index (κ3) is 2.77. The van der Waals surface area contributed by atoms with E-state index in [0.717, 1.165) is 6.42 Å². The van der Waals surface area contributed by atoms with E-state index in [9.17, 15) is 0 Å². The van der Waals surface area contributed by atoms with Gasteiger partial charge in [0.1, 0.15) is 0 Å². The molecular formula is C11H12ClNO2. The van der Waals surface area contributed by atoms with Crippen molar-refractivity contribution in [2.24, 2.45) is 0 Å². The molecule has 0 radical (unpaired) electrons. The highest BCUT2D eigenvalue weighted by Gasteiger charge is 2.11. The molecule has 0 unspecified atom stereocenters. The molecule has 0 aliphatic heterocycles. The molecule has 4 heteroatoms. The second-order valence-corrected chi connectivity index (χ2v) is 3.36. The molecule has 0 atom stereocenters. The monoisotopic (exact) mass is 225 g/mol. The Kier molecular flexibility index (Phi) is 4.26. The minimum Gasteiger partial charge on any atom is -0.493 e. The van der Waals surface area contributed by atoms with E-state index in [-0.39, 0.29) is 0 Å². The highest BCUT2D eigenvalue weighted by atomic mass is 35.5. The molecule has 1 rings (SSSR count). The number of nitriles is 1. The summed E-state index contributed by atoms with van der Waals surface area (Å²) in [6, 6.07) is 5.18. The van der Waals surface area contributed by atoms with Gasteiger partial charge in [0.2, 0.25) is 0 Å². The van der Waals surface area contributed by atoms with Gasteiger partial charge in [-0.15, -0.1) is 0 Å². The average molecular weight is 226 g/mol. The van der Waals surface area contributed by atoms with Crippen LogP contribution in [0.3, 0.4) is 0 Å². The fourth-order valence-corrected chi connectivity index (χ4v) is 1.39. The fraction of sp³-hybridized carbons (Fsp3) is 0.364. The summed E-state index contributed by atoms with van der Waals surface area (Å²) in [5, 5.41) is 9.15. The van der Waals surface area contributed by atoms with Crippen molar-refractivity contribution in [3.05, 3.63) is 22.7 Å². The van der Waals surface area contributed by atoms with Crippen LogP contribution < -0.4 is 9.47 Å². The molecule has 3 nitrogen and oxygen atoms in total. The van der Waals surface area contributed by atoms with Crippen molar-refractivity contribution >= 4 is 11.6 Å². The number of ether oxygens (including phenoxy) is 2. The van der Waals surface area contributed by atoms with Gasteiger partial charge in [-0.3, -0.25) is 0 Å². The SMILES string of the molecule is CCCOc1c(Cl)cc(C#N)cc1OC. The zero-order valence-corrected chi connectivity index (χ0v) is 9.47. The Morgan fingerprint density at radius 2 is 2.20 bits per heavy atom. The largest absolute Gasteiger partial charge is 0.493 e. The van der Waals surface area contributed by atoms with Crippen LogP contribution in [0.2, 0.25) is 5.02 Å². The molecule has 1 aromatic rings. The molecule has 0 aliphatic rings. The minimum absolute atomic E-state index is 0.402. The second-order valence-electron chi connectivity index (χ2n) is 2.95. The summed E-state index contributed by atoms with van der Waals surface area (Å²) in [7, 11) is 1.52. The number of methoxy groups -OCH3 is 1. The van der Waals surface area contributed by atoms with Crippen LogP contribution in [0.4, 0.5) is 0 Å². The lowest BCUT2D eigenvalue weighted by Gasteiger charge is -2.11. The van der Waals surface area contributed by atoms with Gasteiger partial charge in [-0.05, 0) is 12.5 Å². The van der Waals surface area contributed by atoms with Crippen LogP contribution in [0.25, 0.3) is 0 Å². The van der Waals surface area contributed by atoms with Crippen molar-refractivity contribution in [2.45, 2.75) is 13.3 Å². The van der Waals surface area contributed by atoms with Gasteiger partial charge in [-0.25, -0.2) is 0 Å². The number of hydrogen-bond acceptors (Lipinski definition) is 3.